The van der Waals surface area contributed by atoms with Gasteiger partial charge < -0.3 is 14.5 Å². The summed E-state index contributed by atoms with van der Waals surface area (Å²) in [7, 11) is 0. The van der Waals surface area contributed by atoms with Crippen LogP contribution in [0.3, 0.4) is 0 Å². The monoisotopic (exact) mass is 372 g/mol. The smallest absolute Gasteiger partial charge is 0.328 e. The second kappa shape index (κ2) is 8.08. The number of nitrogens with zero attached hydrogens (tertiary/aromatic N) is 2. The van der Waals surface area contributed by atoms with E-state index in [1.165, 1.54) is 0 Å². The molecule has 1 heterocycles. The Kier molecular flexibility index (Phi) is 6.35. The molecule has 1 aliphatic rings. The molecule has 0 saturated carbocycles. The lowest BCUT2D eigenvalue weighted by Gasteiger charge is -2.23. The van der Waals surface area contributed by atoms with Gasteiger partial charge >= 0.3 is 12.0 Å². The number of amides is 2. The van der Waals surface area contributed by atoms with E-state index in [0.717, 1.165) is 5.56 Å². The Hall–Kier alpha value is -1.46. The van der Waals surface area contributed by atoms with Gasteiger partial charge in [0.25, 0.3) is 0 Å². The molecular formula is C17H22Cl2N2O3. The Morgan fingerprint density at radius 2 is 2.08 bits per heavy atom. The van der Waals surface area contributed by atoms with Gasteiger partial charge in [-0.2, -0.15) is 0 Å². The van der Waals surface area contributed by atoms with E-state index in [1.54, 1.807) is 35.8 Å². The third-order valence-corrected chi connectivity index (χ3v) is 4.83. The van der Waals surface area contributed by atoms with Gasteiger partial charge in [-0.1, -0.05) is 29.3 Å². The number of halogens is 2. The van der Waals surface area contributed by atoms with Crippen molar-refractivity contribution < 1.29 is 14.3 Å². The Morgan fingerprint density at radius 3 is 2.67 bits per heavy atom. The molecule has 1 aromatic carbocycles. The third-order valence-electron chi connectivity index (χ3n) is 4.25. The summed E-state index contributed by atoms with van der Waals surface area (Å²) < 4.78 is 5.03. The predicted molar refractivity (Wildman–Crippen MR) is 94.5 cm³/mol. The molecule has 2 atom stereocenters. The van der Waals surface area contributed by atoms with Gasteiger partial charge in [0, 0.05) is 23.1 Å². The fraction of sp³-hybridized carbons (Fsp3) is 0.529. The molecule has 0 N–H and O–H groups in total. The minimum atomic E-state index is -0.600. The van der Waals surface area contributed by atoms with Gasteiger partial charge in [-0.15, -0.1) is 0 Å². The van der Waals surface area contributed by atoms with Gasteiger partial charge in [-0.05, 0) is 44.9 Å². The van der Waals surface area contributed by atoms with Crippen molar-refractivity contribution in [1.29, 1.82) is 0 Å². The van der Waals surface area contributed by atoms with Crippen molar-refractivity contribution in [2.75, 3.05) is 19.7 Å². The first-order valence-electron chi connectivity index (χ1n) is 8.06. The van der Waals surface area contributed by atoms with Crippen LogP contribution in [0, 0.1) is 0 Å². The second-order valence-electron chi connectivity index (χ2n) is 5.74. The number of ether oxygens (including phenoxy) is 1. The molecule has 7 heteroatoms. The Balaban J connectivity index is 2.15. The molecule has 1 fully saturated rings. The summed E-state index contributed by atoms with van der Waals surface area (Å²) in [4.78, 5) is 27.9. The first-order chi connectivity index (χ1) is 11.4. The average Bonchev–Trinajstić information content (AvgIpc) is 2.85. The van der Waals surface area contributed by atoms with Crippen molar-refractivity contribution in [2.45, 2.75) is 39.3 Å². The van der Waals surface area contributed by atoms with Gasteiger partial charge in [0.15, 0.2) is 0 Å². The largest absolute Gasteiger partial charge is 0.464 e. The molecule has 2 unspecified atom stereocenters. The van der Waals surface area contributed by atoms with Crippen molar-refractivity contribution in [2.24, 2.45) is 0 Å². The molecule has 2 amide bonds. The van der Waals surface area contributed by atoms with Crippen LogP contribution in [0.4, 0.5) is 4.79 Å². The van der Waals surface area contributed by atoms with Crippen LogP contribution < -0.4 is 0 Å². The van der Waals surface area contributed by atoms with Crippen LogP contribution in [-0.4, -0.2) is 53.6 Å². The van der Waals surface area contributed by atoms with E-state index in [2.05, 4.69) is 0 Å². The quantitative estimate of drug-likeness (QED) is 0.716. The van der Waals surface area contributed by atoms with Crippen molar-refractivity contribution in [3.05, 3.63) is 33.8 Å². The topological polar surface area (TPSA) is 49.9 Å². The standard InChI is InChI=1S/C17H22Cl2N2O3/c1-4-20-14(8-12-6-7-13(18)9-15(12)19)10-21(17(20)23)11(3)16(22)24-5-2/h6-7,9,11,14H,4-5,8,10H2,1-3H3. The van der Waals surface area contributed by atoms with Crippen LogP contribution in [0.1, 0.15) is 26.3 Å². The van der Waals surface area contributed by atoms with Gasteiger partial charge in [0.05, 0.1) is 12.6 Å². The number of hydrogen-bond acceptors (Lipinski definition) is 3. The van der Waals surface area contributed by atoms with Crippen molar-refractivity contribution in [1.82, 2.24) is 9.80 Å². The minimum absolute atomic E-state index is 0.0435. The van der Waals surface area contributed by atoms with Crippen LogP contribution in [0.25, 0.3) is 0 Å². The molecule has 1 saturated heterocycles. The summed E-state index contributed by atoms with van der Waals surface area (Å²) in [5, 5.41) is 1.17. The molecule has 5 nitrogen and oxygen atoms in total. The molecule has 0 aliphatic carbocycles. The fourth-order valence-electron chi connectivity index (χ4n) is 2.95. The number of rotatable bonds is 6. The number of likely N-dealkylation sites (N-methyl/N-ethyl adjacent to an activating group) is 1. The molecule has 1 aliphatic heterocycles. The lowest BCUT2D eigenvalue weighted by Crippen LogP contribution is -2.42. The van der Waals surface area contributed by atoms with Gasteiger partial charge in [0.1, 0.15) is 6.04 Å². The van der Waals surface area contributed by atoms with Crippen LogP contribution in [-0.2, 0) is 16.0 Å². The van der Waals surface area contributed by atoms with Crippen LogP contribution >= 0.6 is 23.2 Å². The number of carbonyl (C=O) groups is 2. The predicted octanol–water partition coefficient (Wildman–Crippen LogP) is 3.61. The number of benzene rings is 1. The highest BCUT2D eigenvalue weighted by molar-refractivity contribution is 6.35. The number of esters is 1. The summed E-state index contributed by atoms with van der Waals surface area (Å²) in [6.07, 6.45) is 0.613. The van der Waals surface area contributed by atoms with Crippen LogP contribution in [0.15, 0.2) is 18.2 Å². The zero-order valence-electron chi connectivity index (χ0n) is 14.1. The van der Waals surface area contributed by atoms with E-state index in [9.17, 15) is 9.59 Å². The lowest BCUT2D eigenvalue weighted by molar-refractivity contribution is -0.147. The molecule has 0 spiro atoms. The van der Waals surface area contributed by atoms with E-state index in [-0.39, 0.29) is 18.0 Å². The maximum atomic E-state index is 12.6. The second-order valence-corrected chi connectivity index (χ2v) is 6.59. The maximum Gasteiger partial charge on any atom is 0.328 e. The number of urea groups is 1. The molecular weight excluding hydrogens is 351 g/mol. The SMILES string of the molecule is CCOC(=O)C(C)N1CC(Cc2ccc(Cl)cc2Cl)N(CC)C1=O. The normalized spacial score (nSPS) is 18.9. The summed E-state index contributed by atoms with van der Waals surface area (Å²) in [6, 6.07) is 4.57. The van der Waals surface area contributed by atoms with Gasteiger partial charge in [-0.3, -0.25) is 0 Å². The third kappa shape index (κ3) is 3.95. The first-order valence-corrected chi connectivity index (χ1v) is 8.82. The van der Waals surface area contributed by atoms with E-state index in [4.69, 9.17) is 27.9 Å². The summed E-state index contributed by atoms with van der Waals surface area (Å²) in [5.41, 5.74) is 0.933. The number of carbonyl (C=O) groups excluding carboxylic acids is 2. The van der Waals surface area contributed by atoms with Crippen LogP contribution in [0.5, 0.6) is 0 Å². The minimum Gasteiger partial charge on any atom is -0.464 e. The van der Waals surface area contributed by atoms with Gasteiger partial charge in [0.2, 0.25) is 0 Å². The average molecular weight is 373 g/mol. The maximum absolute atomic E-state index is 12.6. The van der Waals surface area contributed by atoms with Crippen LogP contribution in [0.2, 0.25) is 10.0 Å². The highest BCUT2D eigenvalue weighted by Crippen LogP contribution is 2.27. The molecule has 0 bridgehead atoms. The van der Waals surface area contributed by atoms with E-state index < -0.39 is 6.04 Å². The highest BCUT2D eigenvalue weighted by Gasteiger charge is 2.41. The Labute approximate surface area is 152 Å². The molecule has 1 aromatic rings. The highest BCUT2D eigenvalue weighted by atomic mass is 35.5. The van der Waals surface area contributed by atoms with E-state index >= 15 is 0 Å². The van der Waals surface area contributed by atoms with Gasteiger partial charge in [-0.25, -0.2) is 9.59 Å². The summed E-state index contributed by atoms with van der Waals surface area (Å²) in [6.45, 7) is 6.70. The summed E-state index contributed by atoms with van der Waals surface area (Å²) >= 11 is 12.2. The Bertz CT molecular complexity index is 624. The zero-order chi connectivity index (χ0) is 17.9. The molecule has 24 heavy (non-hydrogen) atoms. The van der Waals surface area contributed by atoms with E-state index in [0.29, 0.717) is 36.2 Å². The van der Waals surface area contributed by atoms with E-state index in [1.807, 2.05) is 13.0 Å². The lowest BCUT2D eigenvalue weighted by atomic mass is 10.1. The Morgan fingerprint density at radius 1 is 1.38 bits per heavy atom. The molecule has 2 rings (SSSR count). The zero-order valence-corrected chi connectivity index (χ0v) is 15.6. The van der Waals surface area contributed by atoms with Crippen molar-refractivity contribution >= 4 is 35.2 Å². The molecule has 0 radical (unpaired) electrons. The fourth-order valence-corrected chi connectivity index (χ4v) is 3.43. The molecule has 0 aromatic heterocycles. The van der Waals surface area contributed by atoms with Crippen molar-refractivity contribution in [3.8, 4) is 0 Å². The first kappa shape index (κ1) is 18.9. The number of hydrogen-bond donors (Lipinski definition) is 0. The molecule has 132 valence electrons. The summed E-state index contributed by atoms with van der Waals surface area (Å²) in [5.74, 6) is -0.382. The van der Waals surface area contributed by atoms with Crippen molar-refractivity contribution in [3.63, 3.8) is 0 Å².